The van der Waals surface area contributed by atoms with Crippen molar-refractivity contribution >= 4 is 24.1 Å². The molecule has 0 N–H and O–H groups in total. The topological polar surface area (TPSA) is 52.6 Å². The molecule has 0 aliphatic heterocycles. The van der Waals surface area contributed by atoms with Crippen molar-refractivity contribution in [2.24, 2.45) is 0 Å². The Morgan fingerprint density at radius 2 is 1.25 bits per heavy atom. The number of unbranched alkanes of at least 4 members (excludes halogenated alkanes) is 7. The standard InChI is InChI=1S/C28H34O4/c1-3-26(29)31-21-15-8-6-4-5-7-9-16-22-32-28(30)27(24-18-11-10-12-19-24)25-20-14-13-17-23(25)2/h3,10-14,17-20H,1-2,4-9,15-16,21-22H2/b27-25+. The summed E-state index contributed by atoms with van der Waals surface area (Å²) < 4.78 is 10.6. The largest absolute Gasteiger partial charge is 0.463 e. The van der Waals surface area contributed by atoms with Gasteiger partial charge < -0.3 is 9.47 Å². The Kier molecular flexibility index (Phi) is 11.6. The molecular formula is C28H34O4. The highest BCUT2D eigenvalue weighted by molar-refractivity contribution is 6.16. The molecule has 0 saturated carbocycles. The lowest BCUT2D eigenvalue weighted by atomic mass is 10.0. The molecule has 2 aromatic carbocycles. The molecule has 0 bridgehead atoms. The molecule has 0 aliphatic rings. The van der Waals surface area contributed by atoms with Crippen molar-refractivity contribution in [2.75, 3.05) is 13.2 Å². The summed E-state index contributed by atoms with van der Waals surface area (Å²) in [4.78, 5) is 23.8. The number of rotatable bonds is 14. The van der Waals surface area contributed by atoms with Crippen LogP contribution in [0.25, 0.3) is 12.2 Å². The minimum absolute atomic E-state index is 0.301. The van der Waals surface area contributed by atoms with Crippen molar-refractivity contribution in [1.82, 2.24) is 0 Å². The minimum atomic E-state index is -0.352. The van der Waals surface area contributed by atoms with E-state index < -0.39 is 0 Å². The molecule has 0 atom stereocenters. The fraction of sp³-hybridized carbons (Fsp3) is 0.357. The van der Waals surface area contributed by atoms with E-state index in [2.05, 4.69) is 13.2 Å². The first-order chi connectivity index (χ1) is 15.6. The number of esters is 2. The average molecular weight is 435 g/mol. The molecule has 0 unspecified atom stereocenters. The highest BCUT2D eigenvalue weighted by Gasteiger charge is 2.14. The number of carbonyl (C=O) groups excluding carboxylic acids is 2. The van der Waals surface area contributed by atoms with E-state index in [9.17, 15) is 9.59 Å². The third kappa shape index (κ3) is 8.93. The zero-order valence-electron chi connectivity index (χ0n) is 18.9. The van der Waals surface area contributed by atoms with E-state index >= 15 is 0 Å². The summed E-state index contributed by atoms with van der Waals surface area (Å²) in [5.41, 5.74) is 1.41. The minimum Gasteiger partial charge on any atom is -0.463 e. The molecule has 0 saturated heterocycles. The Labute approximate surface area is 191 Å². The predicted octanol–water partition coefficient (Wildman–Crippen LogP) is 4.69. The molecule has 170 valence electrons. The van der Waals surface area contributed by atoms with Crippen LogP contribution in [0.2, 0.25) is 0 Å². The lowest BCUT2D eigenvalue weighted by Crippen LogP contribution is -2.29. The van der Waals surface area contributed by atoms with Gasteiger partial charge in [-0.25, -0.2) is 9.59 Å². The van der Waals surface area contributed by atoms with E-state index in [1.54, 1.807) is 0 Å². The Bertz CT molecular complexity index is 962. The van der Waals surface area contributed by atoms with Crippen molar-refractivity contribution in [2.45, 2.75) is 51.4 Å². The Morgan fingerprint density at radius 1 is 0.719 bits per heavy atom. The zero-order valence-corrected chi connectivity index (χ0v) is 18.9. The Hall–Kier alpha value is -3.14. The number of benzene rings is 2. The maximum absolute atomic E-state index is 12.9. The van der Waals surface area contributed by atoms with Crippen LogP contribution >= 0.6 is 0 Å². The van der Waals surface area contributed by atoms with E-state index in [1.807, 2.05) is 54.6 Å². The second-order valence-electron chi connectivity index (χ2n) is 7.73. The molecular weight excluding hydrogens is 400 g/mol. The van der Waals surface area contributed by atoms with Crippen LogP contribution in [0.3, 0.4) is 0 Å². The van der Waals surface area contributed by atoms with Gasteiger partial charge in [0.25, 0.3) is 0 Å². The molecule has 2 rings (SSSR count). The fourth-order valence-electron chi connectivity index (χ4n) is 3.49. The highest BCUT2D eigenvalue weighted by atomic mass is 16.5. The summed E-state index contributed by atoms with van der Waals surface area (Å²) >= 11 is 0. The summed E-state index contributed by atoms with van der Waals surface area (Å²) in [6.07, 6.45) is 9.64. The molecule has 2 aromatic rings. The van der Waals surface area contributed by atoms with Gasteiger partial charge in [-0.3, -0.25) is 0 Å². The van der Waals surface area contributed by atoms with Crippen molar-refractivity contribution in [3.05, 3.63) is 83.3 Å². The molecule has 0 radical (unpaired) electrons. The summed E-state index contributed by atoms with van der Waals surface area (Å²) in [6.45, 7) is 8.33. The van der Waals surface area contributed by atoms with Crippen LogP contribution in [-0.4, -0.2) is 25.2 Å². The van der Waals surface area contributed by atoms with E-state index in [4.69, 9.17) is 9.47 Å². The maximum atomic E-state index is 12.9. The molecule has 0 aliphatic carbocycles. The van der Waals surface area contributed by atoms with Gasteiger partial charge >= 0.3 is 11.9 Å². The van der Waals surface area contributed by atoms with Gasteiger partial charge in [-0.15, -0.1) is 0 Å². The molecule has 32 heavy (non-hydrogen) atoms. The molecule has 4 nitrogen and oxygen atoms in total. The Morgan fingerprint density at radius 3 is 1.84 bits per heavy atom. The van der Waals surface area contributed by atoms with Crippen molar-refractivity contribution < 1.29 is 19.1 Å². The van der Waals surface area contributed by atoms with Crippen molar-refractivity contribution in [3.63, 3.8) is 0 Å². The predicted molar refractivity (Wildman–Crippen MR) is 129 cm³/mol. The average Bonchev–Trinajstić information content (AvgIpc) is 2.81. The van der Waals surface area contributed by atoms with E-state index in [1.165, 1.54) is 12.5 Å². The van der Waals surface area contributed by atoms with Gasteiger partial charge in [0.15, 0.2) is 0 Å². The van der Waals surface area contributed by atoms with Gasteiger partial charge in [-0.2, -0.15) is 0 Å². The molecule has 0 heterocycles. The van der Waals surface area contributed by atoms with Gasteiger partial charge in [0.2, 0.25) is 0 Å². The second kappa shape index (κ2) is 14.8. The third-order valence-corrected chi connectivity index (χ3v) is 5.24. The summed E-state index contributed by atoms with van der Waals surface area (Å²) in [7, 11) is 0. The van der Waals surface area contributed by atoms with Crippen LogP contribution in [0.15, 0.2) is 67.3 Å². The lowest BCUT2D eigenvalue weighted by molar-refractivity contribution is -0.138. The van der Waals surface area contributed by atoms with Crippen LogP contribution in [0.1, 0.15) is 56.9 Å². The van der Waals surface area contributed by atoms with Crippen molar-refractivity contribution in [3.8, 4) is 0 Å². The van der Waals surface area contributed by atoms with Crippen LogP contribution in [0, 0.1) is 0 Å². The number of hydrogen-bond donors (Lipinski definition) is 0. The molecule has 0 amide bonds. The fourth-order valence-corrected chi connectivity index (χ4v) is 3.49. The normalized spacial score (nSPS) is 11.5. The lowest BCUT2D eigenvalue weighted by Gasteiger charge is -2.09. The SMILES string of the molecule is C=CC(=O)OCCCCCCCCCCOC(=O)/C(c1ccccc1)=c1\ccccc1=C. The highest BCUT2D eigenvalue weighted by Crippen LogP contribution is 2.13. The van der Waals surface area contributed by atoms with Crippen LogP contribution in [-0.2, 0) is 19.1 Å². The van der Waals surface area contributed by atoms with E-state index in [0.717, 1.165) is 60.9 Å². The van der Waals surface area contributed by atoms with Crippen LogP contribution < -0.4 is 10.4 Å². The van der Waals surface area contributed by atoms with E-state index in [0.29, 0.717) is 18.8 Å². The van der Waals surface area contributed by atoms with Crippen molar-refractivity contribution in [1.29, 1.82) is 0 Å². The first kappa shape index (κ1) is 25.1. The quantitative estimate of drug-likeness (QED) is 0.246. The molecule has 0 spiro atoms. The number of hydrogen-bond acceptors (Lipinski definition) is 4. The van der Waals surface area contributed by atoms with Gasteiger partial charge in [0, 0.05) is 6.08 Å². The smallest absolute Gasteiger partial charge is 0.339 e. The first-order valence-corrected chi connectivity index (χ1v) is 11.4. The molecule has 0 fully saturated rings. The maximum Gasteiger partial charge on any atom is 0.339 e. The van der Waals surface area contributed by atoms with E-state index in [-0.39, 0.29) is 11.9 Å². The van der Waals surface area contributed by atoms with Crippen LogP contribution in [0.4, 0.5) is 0 Å². The second-order valence-corrected chi connectivity index (χ2v) is 7.73. The van der Waals surface area contributed by atoms with Gasteiger partial charge in [0.1, 0.15) is 0 Å². The molecule has 0 aromatic heterocycles. The van der Waals surface area contributed by atoms with Crippen LogP contribution in [0.5, 0.6) is 0 Å². The third-order valence-electron chi connectivity index (χ3n) is 5.24. The summed E-state index contributed by atoms with van der Waals surface area (Å²) in [6, 6.07) is 17.3. The first-order valence-electron chi connectivity index (χ1n) is 11.4. The van der Waals surface area contributed by atoms with Gasteiger partial charge in [-0.1, -0.05) is 106 Å². The zero-order chi connectivity index (χ0) is 23.0. The van der Waals surface area contributed by atoms with Gasteiger partial charge in [0.05, 0.1) is 18.8 Å². The number of carbonyl (C=O) groups is 2. The summed E-state index contributed by atoms with van der Waals surface area (Å²) in [5.74, 6) is -0.654. The van der Waals surface area contributed by atoms with Gasteiger partial charge in [-0.05, 0) is 28.8 Å². The monoisotopic (exact) mass is 434 g/mol. The Balaban J connectivity index is 1.69. The number of ether oxygens (including phenoxy) is 2. The molecule has 4 heteroatoms. The summed E-state index contributed by atoms with van der Waals surface area (Å²) in [5, 5.41) is 1.62.